The standard InChI is InChI=1S/C22H24F2N4O/c1-14-4-6-15(7-5-14)19(28-10-2-3-11-28)13-25-22(29)16-8-9-17-18(12-16)27-21(26-17)20(23)24/h4-9,12,19-20H,2-3,10-11,13H2,1H3,(H,25,29)(H,26,27). The summed E-state index contributed by atoms with van der Waals surface area (Å²) in [6, 6.07) is 13.3. The highest BCUT2D eigenvalue weighted by Gasteiger charge is 2.24. The minimum atomic E-state index is -2.67. The first-order valence-electron chi connectivity index (χ1n) is 9.88. The lowest BCUT2D eigenvalue weighted by molar-refractivity contribution is 0.0938. The molecule has 3 aromatic rings. The Balaban J connectivity index is 1.50. The van der Waals surface area contributed by atoms with E-state index in [2.05, 4.69) is 51.4 Å². The van der Waals surface area contributed by atoms with E-state index in [9.17, 15) is 13.6 Å². The Morgan fingerprint density at radius 3 is 2.59 bits per heavy atom. The van der Waals surface area contributed by atoms with Crippen LogP contribution in [0.2, 0.25) is 0 Å². The third kappa shape index (κ3) is 4.29. The van der Waals surface area contributed by atoms with Gasteiger partial charge in [0.15, 0.2) is 5.82 Å². The van der Waals surface area contributed by atoms with Crippen LogP contribution in [-0.2, 0) is 0 Å². The molecule has 2 aromatic carbocycles. The number of alkyl halides is 2. The lowest BCUT2D eigenvalue weighted by Crippen LogP contribution is -2.36. The number of fused-ring (bicyclic) bond motifs is 1. The van der Waals surface area contributed by atoms with Gasteiger partial charge in [0.2, 0.25) is 0 Å². The minimum absolute atomic E-state index is 0.114. The Hall–Kier alpha value is -2.80. The molecule has 1 fully saturated rings. The van der Waals surface area contributed by atoms with E-state index in [0.29, 0.717) is 23.1 Å². The number of aromatic amines is 1. The molecule has 0 saturated carbocycles. The zero-order chi connectivity index (χ0) is 20.4. The number of halogens is 2. The Kier molecular flexibility index (Phi) is 5.58. The van der Waals surface area contributed by atoms with Crippen molar-refractivity contribution in [3.8, 4) is 0 Å². The molecule has 4 rings (SSSR count). The fraction of sp³-hybridized carbons (Fsp3) is 0.364. The molecule has 152 valence electrons. The maximum Gasteiger partial charge on any atom is 0.295 e. The van der Waals surface area contributed by atoms with Crippen LogP contribution in [0.3, 0.4) is 0 Å². The third-order valence-corrected chi connectivity index (χ3v) is 5.47. The summed E-state index contributed by atoms with van der Waals surface area (Å²) in [4.78, 5) is 21.5. The molecule has 29 heavy (non-hydrogen) atoms. The first kappa shape index (κ1) is 19.5. The van der Waals surface area contributed by atoms with Gasteiger partial charge < -0.3 is 10.3 Å². The van der Waals surface area contributed by atoms with Gasteiger partial charge in [-0.3, -0.25) is 9.69 Å². The van der Waals surface area contributed by atoms with Crippen molar-refractivity contribution in [2.75, 3.05) is 19.6 Å². The number of amides is 1. The van der Waals surface area contributed by atoms with Crippen molar-refractivity contribution in [1.82, 2.24) is 20.2 Å². The van der Waals surface area contributed by atoms with E-state index in [0.717, 1.165) is 13.1 Å². The van der Waals surface area contributed by atoms with Crippen LogP contribution in [0.25, 0.3) is 11.0 Å². The molecule has 0 spiro atoms. The van der Waals surface area contributed by atoms with Crippen molar-refractivity contribution in [2.24, 2.45) is 0 Å². The van der Waals surface area contributed by atoms with Gasteiger partial charge >= 0.3 is 0 Å². The molecule has 5 nitrogen and oxygen atoms in total. The van der Waals surface area contributed by atoms with Crippen molar-refractivity contribution in [2.45, 2.75) is 32.2 Å². The van der Waals surface area contributed by atoms with Crippen molar-refractivity contribution >= 4 is 16.9 Å². The molecule has 1 aliphatic heterocycles. The number of carbonyl (C=O) groups is 1. The summed E-state index contributed by atoms with van der Waals surface area (Å²) >= 11 is 0. The molecule has 7 heteroatoms. The molecule has 0 aliphatic carbocycles. The van der Waals surface area contributed by atoms with Crippen LogP contribution >= 0.6 is 0 Å². The molecule has 1 saturated heterocycles. The number of benzene rings is 2. The highest BCUT2D eigenvalue weighted by Crippen LogP contribution is 2.25. The predicted molar refractivity (Wildman–Crippen MR) is 108 cm³/mol. The van der Waals surface area contributed by atoms with Crippen LogP contribution < -0.4 is 5.32 Å². The van der Waals surface area contributed by atoms with Crippen LogP contribution in [0.15, 0.2) is 42.5 Å². The Morgan fingerprint density at radius 1 is 1.17 bits per heavy atom. The molecule has 0 bridgehead atoms. The van der Waals surface area contributed by atoms with E-state index in [-0.39, 0.29) is 17.8 Å². The smallest absolute Gasteiger partial charge is 0.295 e. The third-order valence-electron chi connectivity index (χ3n) is 5.47. The quantitative estimate of drug-likeness (QED) is 0.648. The van der Waals surface area contributed by atoms with E-state index in [1.165, 1.54) is 24.0 Å². The first-order valence-corrected chi connectivity index (χ1v) is 9.88. The van der Waals surface area contributed by atoms with Crippen LogP contribution in [0, 0.1) is 6.92 Å². The van der Waals surface area contributed by atoms with Crippen LogP contribution in [-0.4, -0.2) is 40.4 Å². The number of imidazole rings is 1. The van der Waals surface area contributed by atoms with Gasteiger partial charge in [-0.05, 0) is 56.6 Å². The van der Waals surface area contributed by atoms with Gasteiger partial charge in [-0.25, -0.2) is 13.8 Å². The van der Waals surface area contributed by atoms with Crippen molar-refractivity contribution < 1.29 is 13.6 Å². The number of aromatic nitrogens is 2. The average molecular weight is 398 g/mol. The van der Waals surface area contributed by atoms with Crippen molar-refractivity contribution in [3.63, 3.8) is 0 Å². The lowest BCUT2D eigenvalue weighted by atomic mass is 10.0. The van der Waals surface area contributed by atoms with E-state index >= 15 is 0 Å². The molecule has 1 atom stereocenters. The van der Waals surface area contributed by atoms with Gasteiger partial charge in [0.1, 0.15) is 0 Å². The summed E-state index contributed by atoms with van der Waals surface area (Å²) < 4.78 is 25.7. The molecule has 1 unspecified atom stereocenters. The summed E-state index contributed by atoms with van der Waals surface area (Å²) in [6.45, 7) is 4.59. The summed E-state index contributed by atoms with van der Waals surface area (Å²) in [7, 11) is 0. The van der Waals surface area contributed by atoms with Gasteiger partial charge in [-0.1, -0.05) is 29.8 Å². The van der Waals surface area contributed by atoms with E-state index in [4.69, 9.17) is 0 Å². The number of H-pyrrole nitrogens is 1. The summed E-state index contributed by atoms with van der Waals surface area (Å²) in [5.41, 5.74) is 3.66. The molecule has 1 amide bonds. The molecule has 2 N–H and O–H groups in total. The van der Waals surface area contributed by atoms with Crippen LogP contribution in [0.1, 0.15) is 52.6 Å². The zero-order valence-electron chi connectivity index (χ0n) is 16.3. The van der Waals surface area contributed by atoms with E-state index in [1.807, 2.05) is 0 Å². The number of hydrogen-bond acceptors (Lipinski definition) is 3. The summed E-state index contributed by atoms with van der Waals surface area (Å²) in [5.74, 6) is -0.609. The molecule has 1 aromatic heterocycles. The maximum atomic E-state index is 12.8. The number of rotatable bonds is 6. The monoisotopic (exact) mass is 398 g/mol. The number of aryl methyl sites for hydroxylation is 1. The Morgan fingerprint density at radius 2 is 1.90 bits per heavy atom. The molecule has 2 heterocycles. The largest absolute Gasteiger partial charge is 0.350 e. The number of carbonyl (C=O) groups excluding carboxylic acids is 1. The van der Waals surface area contributed by atoms with Gasteiger partial charge in [0.05, 0.1) is 17.1 Å². The fourth-order valence-electron chi connectivity index (χ4n) is 3.87. The Bertz CT molecular complexity index is 994. The lowest BCUT2D eigenvalue weighted by Gasteiger charge is -2.28. The highest BCUT2D eigenvalue weighted by molar-refractivity contribution is 5.97. The second-order valence-corrected chi connectivity index (χ2v) is 7.53. The van der Waals surface area contributed by atoms with Gasteiger partial charge in [0.25, 0.3) is 12.3 Å². The second kappa shape index (κ2) is 8.29. The van der Waals surface area contributed by atoms with Crippen molar-refractivity contribution in [1.29, 1.82) is 0 Å². The van der Waals surface area contributed by atoms with Crippen molar-refractivity contribution in [3.05, 3.63) is 65.0 Å². The average Bonchev–Trinajstić information content (AvgIpc) is 3.38. The first-order chi connectivity index (χ1) is 14.0. The SMILES string of the molecule is Cc1ccc(C(CNC(=O)c2ccc3nc(C(F)F)[nH]c3c2)N2CCCC2)cc1. The molecular formula is C22H24F2N4O. The molecule has 1 aliphatic rings. The van der Waals surface area contributed by atoms with E-state index < -0.39 is 6.43 Å². The highest BCUT2D eigenvalue weighted by atomic mass is 19.3. The number of nitrogens with zero attached hydrogens (tertiary/aromatic N) is 2. The minimum Gasteiger partial charge on any atom is -0.350 e. The number of hydrogen-bond donors (Lipinski definition) is 2. The van der Waals surface area contributed by atoms with Crippen LogP contribution in [0.5, 0.6) is 0 Å². The normalized spacial score (nSPS) is 15.9. The maximum absolute atomic E-state index is 12.8. The summed E-state index contributed by atoms with van der Waals surface area (Å²) in [6.07, 6.45) is -0.339. The predicted octanol–water partition coefficient (Wildman–Crippen LogP) is 4.38. The Labute approximate surface area is 168 Å². The number of likely N-dealkylation sites (tertiary alicyclic amines) is 1. The van der Waals surface area contributed by atoms with Crippen LogP contribution in [0.4, 0.5) is 8.78 Å². The summed E-state index contributed by atoms with van der Waals surface area (Å²) in [5, 5.41) is 3.02. The molecular weight excluding hydrogens is 374 g/mol. The van der Waals surface area contributed by atoms with Gasteiger partial charge in [-0.15, -0.1) is 0 Å². The van der Waals surface area contributed by atoms with E-state index in [1.54, 1.807) is 18.2 Å². The fourth-order valence-corrected chi connectivity index (χ4v) is 3.87. The topological polar surface area (TPSA) is 61.0 Å². The van der Waals surface area contributed by atoms with Gasteiger partial charge in [-0.2, -0.15) is 0 Å². The molecule has 0 radical (unpaired) electrons. The number of nitrogens with one attached hydrogen (secondary N) is 2. The van der Waals surface area contributed by atoms with Gasteiger partial charge in [0, 0.05) is 12.1 Å². The zero-order valence-corrected chi connectivity index (χ0v) is 16.3. The second-order valence-electron chi connectivity index (χ2n) is 7.53.